The first-order valence-corrected chi connectivity index (χ1v) is 5.37. The molecule has 2 heterocycles. The monoisotopic (exact) mass is 178 g/mol. The largest absolute Gasteiger partial charge is 0.335 e. The summed E-state index contributed by atoms with van der Waals surface area (Å²) < 4.78 is 2.34. The van der Waals surface area contributed by atoms with E-state index in [-0.39, 0.29) is 0 Å². The van der Waals surface area contributed by atoms with Crippen LogP contribution in [0.15, 0.2) is 6.20 Å². The zero-order chi connectivity index (χ0) is 9.26. The normalized spacial score (nSPS) is 18.3. The van der Waals surface area contributed by atoms with Gasteiger partial charge in [-0.3, -0.25) is 0 Å². The molecule has 0 saturated heterocycles. The van der Waals surface area contributed by atoms with Crippen molar-refractivity contribution in [3.8, 4) is 0 Å². The first-order valence-electron chi connectivity index (χ1n) is 5.37. The molecule has 0 fully saturated rings. The van der Waals surface area contributed by atoms with Gasteiger partial charge in [-0.05, 0) is 25.2 Å². The summed E-state index contributed by atoms with van der Waals surface area (Å²) in [7, 11) is 0. The number of hydrogen-bond donors (Lipinski definition) is 0. The highest BCUT2D eigenvalue weighted by Gasteiger charge is 2.14. The van der Waals surface area contributed by atoms with Crippen molar-refractivity contribution in [3.05, 3.63) is 17.7 Å². The molecule has 0 spiro atoms. The molecule has 1 unspecified atom stereocenters. The third-order valence-corrected chi connectivity index (χ3v) is 3.04. The zero-order valence-corrected chi connectivity index (χ0v) is 8.58. The van der Waals surface area contributed by atoms with Crippen LogP contribution in [-0.4, -0.2) is 9.55 Å². The SMILES string of the molecule is CCC(C)c1cn2c(n1)CCCC2. The average molecular weight is 178 g/mol. The first kappa shape index (κ1) is 8.79. The molecule has 0 N–H and O–H groups in total. The Morgan fingerprint density at radius 1 is 1.54 bits per heavy atom. The molecule has 1 aliphatic heterocycles. The summed E-state index contributed by atoms with van der Waals surface area (Å²) in [5, 5.41) is 0. The van der Waals surface area contributed by atoms with Crippen molar-refractivity contribution in [1.29, 1.82) is 0 Å². The van der Waals surface area contributed by atoms with Gasteiger partial charge in [-0.25, -0.2) is 4.98 Å². The second kappa shape index (κ2) is 3.52. The molecule has 0 radical (unpaired) electrons. The summed E-state index contributed by atoms with van der Waals surface area (Å²) in [6.45, 7) is 5.66. The summed E-state index contributed by atoms with van der Waals surface area (Å²) in [4.78, 5) is 4.68. The highest BCUT2D eigenvalue weighted by molar-refractivity contribution is 5.10. The van der Waals surface area contributed by atoms with E-state index in [1.807, 2.05) is 0 Å². The minimum Gasteiger partial charge on any atom is -0.335 e. The van der Waals surface area contributed by atoms with Crippen LogP contribution in [0.5, 0.6) is 0 Å². The number of aryl methyl sites for hydroxylation is 2. The number of nitrogens with zero attached hydrogens (tertiary/aromatic N) is 2. The zero-order valence-electron chi connectivity index (χ0n) is 8.58. The summed E-state index contributed by atoms with van der Waals surface area (Å²) in [6.07, 6.45) is 7.26. The molecule has 0 bridgehead atoms. The van der Waals surface area contributed by atoms with Gasteiger partial charge in [0.1, 0.15) is 5.82 Å². The Hall–Kier alpha value is -0.790. The number of hydrogen-bond acceptors (Lipinski definition) is 1. The minimum absolute atomic E-state index is 0.623. The third-order valence-electron chi connectivity index (χ3n) is 3.04. The minimum atomic E-state index is 0.623. The van der Waals surface area contributed by atoms with Gasteiger partial charge in [0, 0.05) is 19.2 Å². The summed E-state index contributed by atoms with van der Waals surface area (Å²) in [6, 6.07) is 0. The van der Waals surface area contributed by atoms with Gasteiger partial charge >= 0.3 is 0 Å². The van der Waals surface area contributed by atoms with E-state index in [0.29, 0.717) is 5.92 Å². The van der Waals surface area contributed by atoms with Gasteiger partial charge in [0.15, 0.2) is 0 Å². The van der Waals surface area contributed by atoms with Gasteiger partial charge in [-0.2, -0.15) is 0 Å². The smallest absolute Gasteiger partial charge is 0.108 e. The molecule has 0 amide bonds. The van der Waals surface area contributed by atoms with Crippen molar-refractivity contribution < 1.29 is 0 Å². The molecule has 0 aromatic carbocycles. The van der Waals surface area contributed by atoms with E-state index in [4.69, 9.17) is 0 Å². The molecule has 72 valence electrons. The quantitative estimate of drug-likeness (QED) is 0.681. The van der Waals surface area contributed by atoms with Gasteiger partial charge in [-0.15, -0.1) is 0 Å². The molecule has 1 aliphatic rings. The summed E-state index contributed by atoms with van der Waals surface area (Å²) in [5.41, 5.74) is 1.29. The predicted octanol–water partition coefficient (Wildman–Crippen LogP) is 2.73. The van der Waals surface area contributed by atoms with Crippen LogP contribution in [0.1, 0.15) is 50.5 Å². The molecule has 2 nitrogen and oxygen atoms in total. The van der Waals surface area contributed by atoms with Crippen LogP contribution in [0.3, 0.4) is 0 Å². The Morgan fingerprint density at radius 2 is 2.38 bits per heavy atom. The lowest BCUT2D eigenvalue weighted by Crippen LogP contribution is -2.08. The van der Waals surface area contributed by atoms with E-state index in [9.17, 15) is 0 Å². The number of aromatic nitrogens is 2. The lowest BCUT2D eigenvalue weighted by molar-refractivity contribution is 0.522. The Balaban J connectivity index is 2.25. The van der Waals surface area contributed by atoms with Gasteiger partial charge in [0.25, 0.3) is 0 Å². The second-order valence-corrected chi connectivity index (χ2v) is 4.04. The Morgan fingerprint density at radius 3 is 3.08 bits per heavy atom. The standard InChI is InChI=1S/C11H18N2/c1-3-9(2)10-8-13-7-5-4-6-11(13)12-10/h8-9H,3-7H2,1-2H3. The van der Waals surface area contributed by atoms with Crippen molar-refractivity contribution in [1.82, 2.24) is 9.55 Å². The fourth-order valence-corrected chi connectivity index (χ4v) is 1.88. The van der Waals surface area contributed by atoms with E-state index >= 15 is 0 Å². The van der Waals surface area contributed by atoms with E-state index in [2.05, 4.69) is 29.6 Å². The van der Waals surface area contributed by atoms with Crippen LogP contribution in [0.25, 0.3) is 0 Å². The van der Waals surface area contributed by atoms with Crippen LogP contribution in [0, 0.1) is 0 Å². The molecule has 2 heteroatoms. The summed E-state index contributed by atoms with van der Waals surface area (Å²) >= 11 is 0. The van der Waals surface area contributed by atoms with E-state index in [0.717, 1.165) is 0 Å². The van der Waals surface area contributed by atoms with Gasteiger partial charge in [0.05, 0.1) is 5.69 Å². The van der Waals surface area contributed by atoms with Crippen molar-refractivity contribution in [2.45, 2.75) is 52.0 Å². The summed E-state index contributed by atoms with van der Waals surface area (Å²) in [5.74, 6) is 1.93. The molecule has 0 saturated carbocycles. The predicted molar refractivity (Wildman–Crippen MR) is 53.9 cm³/mol. The van der Waals surface area contributed by atoms with Gasteiger partial charge in [0.2, 0.25) is 0 Å². The molecule has 1 atom stereocenters. The fraction of sp³-hybridized carbons (Fsp3) is 0.727. The number of fused-ring (bicyclic) bond motifs is 1. The highest BCUT2D eigenvalue weighted by Crippen LogP contribution is 2.21. The van der Waals surface area contributed by atoms with Crippen LogP contribution >= 0.6 is 0 Å². The molecule has 13 heavy (non-hydrogen) atoms. The maximum Gasteiger partial charge on any atom is 0.108 e. The topological polar surface area (TPSA) is 17.8 Å². The molecule has 2 rings (SSSR count). The van der Waals surface area contributed by atoms with Crippen LogP contribution in [0.2, 0.25) is 0 Å². The van der Waals surface area contributed by atoms with Crippen molar-refractivity contribution >= 4 is 0 Å². The van der Waals surface area contributed by atoms with E-state index in [1.165, 1.54) is 43.7 Å². The van der Waals surface area contributed by atoms with Gasteiger partial charge < -0.3 is 4.57 Å². The molecule has 1 aromatic heterocycles. The molecule has 0 aliphatic carbocycles. The molecular weight excluding hydrogens is 160 g/mol. The van der Waals surface area contributed by atoms with Crippen LogP contribution in [0.4, 0.5) is 0 Å². The van der Waals surface area contributed by atoms with Crippen molar-refractivity contribution in [2.24, 2.45) is 0 Å². The van der Waals surface area contributed by atoms with E-state index in [1.54, 1.807) is 0 Å². The molecule has 1 aromatic rings. The Bertz CT molecular complexity index is 265. The first-order chi connectivity index (χ1) is 6.31. The fourth-order valence-electron chi connectivity index (χ4n) is 1.88. The van der Waals surface area contributed by atoms with Gasteiger partial charge in [-0.1, -0.05) is 13.8 Å². The maximum atomic E-state index is 4.68. The molecular formula is C11H18N2. The highest BCUT2D eigenvalue weighted by atomic mass is 15.1. The Kier molecular flexibility index (Phi) is 2.38. The third kappa shape index (κ3) is 1.62. The van der Waals surface area contributed by atoms with Crippen LogP contribution in [-0.2, 0) is 13.0 Å². The lowest BCUT2D eigenvalue weighted by Gasteiger charge is -2.11. The van der Waals surface area contributed by atoms with Crippen molar-refractivity contribution in [3.63, 3.8) is 0 Å². The number of rotatable bonds is 2. The Labute approximate surface area is 80.0 Å². The maximum absolute atomic E-state index is 4.68. The van der Waals surface area contributed by atoms with E-state index < -0.39 is 0 Å². The lowest BCUT2D eigenvalue weighted by atomic mass is 10.1. The number of imidazole rings is 1. The van der Waals surface area contributed by atoms with Crippen molar-refractivity contribution in [2.75, 3.05) is 0 Å². The van der Waals surface area contributed by atoms with Crippen LogP contribution < -0.4 is 0 Å². The average Bonchev–Trinajstić information content (AvgIpc) is 2.59. The second-order valence-electron chi connectivity index (χ2n) is 4.04.